The third-order valence-electron chi connectivity index (χ3n) is 10.7. The molecule has 0 aromatic heterocycles. The predicted molar refractivity (Wildman–Crippen MR) is 236 cm³/mol. The number of nitrogens with zero attached hydrogens (tertiary/aromatic N) is 4. The molecule has 0 aliphatic rings. The van der Waals surface area contributed by atoms with Gasteiger partial charge < -0.3 is 45.2 Å². The molecule has 7 atom stereocenters. The smallest absolute Gasteiger partial charge is 0.332 e. The molecule has 0 rings (SSSR count). The summed E-state index contributed by atoms with van der Waals surface area (Å²) in [5, 5.41) is 16.4. The van der Waals surface area contributed by atoms with E-state index in [9.17, 15) is 43.5 Å². The van der Waals surface area contributed by atoms with Crippen molar-refractivity contribution >= 4 is 47.4 Å². The summed E-state index contributed by atoms with van der Waals surface area (Å²) < 4.78 is 10.5. The van der Waals surface area contributed by atoms with Crippen LogP contribution >= 0.6 is 0 Å². The molecule has 354 valence electrons. The number of urea groups is 1. The van der Waals surface area contributed by atoms with Gasteiger partial charge in [-0.3, -0.25) is 34.1 Å². The SMILES string of the molecule is C=C(C[C@H](C(N)=O)N(C)C(=O)NC(=O)[C@H](CC(C)C)N(C)C(=O)[C@@H](COCC(=O)OCC)N(C)C(=O)[C@H](CC)NC(=O)[C@H]([C@H](O)[C@H](C)C/C=C/C)N(C)C(=O)CC(C)C)C(C)C. The van der Waals surface area contributed by atoms with Crippen LogP contribution in [0.2, 0.25) is 0 Å². The molecule has 0 fully saturated rings. The van der Waals surface area contributed by atoms with E-state index in [4.69, 9.17) is 15.2 Å². The molecule has 0 bridgehead atoms. The molecule has 18 nitrogen and oxygen atoms in total. The molecule has 0 aromatic carbocycles. The lowest BCUT2D eigenvalue weighted by molar-refractivity contribution is -0.155. The lowest BCUT2D eigenvalue weighted by Gasteiger charge is -2.37. The lowest BCUT2D eigenvalue weighted by Crippen LogP contribution is -2.62. The van der Waals surface area contributed by atoms with Crippen molar-refractivity contribution in [1.29, 1.82) is 0 Å². The second-order valence-electron chi connectivity index (χ2n) is 17.0. The van der Waals surface area contributed by atoms with Gasteiger partial charge in [-0.25, -0.2) is 9.59 Å². The van der Waals surface area contributed by atoms with Crippen LogP contribution in [0.4, 0.5) is 4.79 Å². The Bertz CT molecular complexity index is 1570. The van der Waals surface area contributed by atoms with Crippen molar-refractivity contribution in [2.75, 3.05) is 48.0 Å². The molecule has 0 aliphatic heterocycles. The van der Waals surface area contributed by atoms with E-state index in [0.717, 1.165) is 14.7 Å². The Labute approximate surface area is 369 Å². The Balaban J connectivity index is 6.87. The third-order valence-corrected chi connectivity index (χ3v) is 10.7. The van der Waals surface area contributed by atoms with Gasteiger partial charge >= 0.3 is 12.0 Å². The highest BCUT2D eigenvalue weighted by molar-refractivity contribution is 6.01. The number of aliphatic hydroxyl groups excluding tert-OH is 1. The summed E-state index contributed by atoms with van der Waals surface area (Å²) in [6, 6.07) is -7.44. The molecule has 0 saturated heterocycles. The van der Waals surface area contributed by atoms with E-state index in [1.807, 2.05) is 46.8 Å². The quantitative estimate of drug-likeness (QED) is 0.0691. The predicted octanol–water partition coefficient (Wildman–Crippen LogP) is 2.62. The van der Waals surface area contributed by atoms with Crippen LogP contribution in [-0.4, -0.2) is 156 Å². The van der Waals surface area contributed by atoms with Gasteiger partial charge in [-0.1, -0.05) is 79.7 Å². The molecule has 0 aromatic rings. The van der Waals surface area contributed by atoms with E-state index >= 15 is 0 Å². The number of imide groups is 1. The Morgan fingerprint density at radius 2 is 1.35 bits per heavy atom. The molecular weight excluding hydrogens is 803 g/mol. The molecule has 0 aliphatic carbocycles. The number of aliphatic hydroxyl groups is 1. The fourth-order valence-electron chi connectivity index (χ4n) is 6.42. The van der Waals surface area contributed by atoms with Gasteiger partial charge in [-0.15, -0.1) is 0 Å². The standard InChI is InChI=1S/C44H77N7O11/c1-16-19-20-29(10)38(54)37(51(15)35(52)22-27(6)7)41(57)46-31(17-2)42(58)49(13)34(24-61-25-36(53)62-18-3)43(59)48(12)33(21-26(4)5)40(56)47-44(60)50(14)32(39(45)55)23-30(11)28(8)9/h16,19,26-29,31-34,37-38,54H,11,17-18,20-25H2,1-10,12-15H3,(H2,45,55)(H,46,57)(H,47,56,60)/b19-16+/t29-,31+,32-,33+,34-,37+,38-/m1/s1. The number of amides is 8. The molecule has 8 amide bonds. The van der Waals surface area contributed by atoms with Crippen molar-refractivity contribution in [3.63, 3.8) is 0 Å². The molecule has 0 heterocycles. The molecule has 0 saturated carbocycles. The summed E-state index contributed by atoms with van der Waals surface area (Å²) in [5.74, 6) is -5.81. The number of hydrogen-bond acceptors (Lipinski definition) is 11. The molecule has 62 heavy (non-hydrogen) atoms. The van der Waals surface area contributed by atoms with Gasteiger partial charge in [-0.05, 0) is 63.2 Å². The van der Waals surface area contributed by atoms with Gasteiger partial charge in [0, 0.05) is 34.6 Å². The Kier molecular flexibility index (Phi) is 25.8. The highest BCUT2D eigenvalue weighted by Crippen LogP contribution is 2.21. The molecule has 0 unspecified atom stereocenters. The number of nitrogens with one attached hydrogen (secondary N) is 2. The topological polar surface area (TPSA) is 238 Å². The van der Waals surface area contributed by atoms with Crippen LogP contribution < -0.4 is 16.4 Å². The number of ether oxygens (including phenoxy) is 2. The van der Waals surface area contributed by atoms with Crippen molar-refractivity contribution in [2.24, 2.45) is 29.4 Å². The number of rotatable bonds is 27. The number of nitrogens with two attached hydrogens (primary N) is 1. The Hall–Kier alpha value is -4.84. The van der Waals surface area contributed by atoms with E-state index in [1.165, 1.54) is 33.1 Å². The van der Waals surface area contributed by atoms with E-state index in [1.54, 1.807) is 34.6 Å². The minimum Gasteiger partial charge on any atom is -0.464 e. The maximum absolute atomic E-state index is 14.5. The fraction of sp³-hybridized carbons (Fsp3) is 0.727. The van der Waals surface area contributed by atoms with Gasteiger partial charge in [0.2, 0.25) is 29.5 Å². The van der Waals surface area contributed by atoms with E-state index in [0.29, 0.717) is 12.0 Å². The van der Waals surface area contributed by atoms with Crippen LogP contribution in [0.5, 0.6) is 0 Å². The second kappa shape index (κ2) is 28.0. The van der Waals surface area contributed by atoms with E-state index in [2.05, 4.69) is 17.2 Å². The van der Waals surface area contributed by atoms with Crippen LogP contribution in [0.1, 0.15) is 101 Å². The molecule has 18 heteroatoms. The van der Waals surface area contributed by atoms with Crippen molar-refractivity contribution in [2.45, 2.75) is 138 Å². The third kappa shape index (κ3) is 18.2. The Morgan fingerprint density at radius 3 is 1.84 bits per heavy atom. The zero-order valence-electron chi connectivity index (χ0n) is 39.7. The number of hydrogen-bond donors (Lipinski definition) is 4. The number of primary amides is 1. The van der Waals surface area contributed by atoms with Crippen molar-refractivity contribution in [1.82, 2.24) is 30.2 Å². The number of carbonyl (C=O) groups excluding carboxylic acids is 8. The fourth-order valence-corrected chi connectivity index (χ4v) is 6.42. The zero-order valence-corrected chi connectivity index (χ0v) is 39.7. The maximum atomic E-state index is 14.5. The minimum atomic E-state index is -1.48. The largest absolute Gasteiger partial charge is 0.464 e. The van der Waals surface area contributed by atoms with Crippen molar-refractivity contribution in [3.8, 4) is 0 Å². The number of likely N-dealkylation sites (N-methyl/N-ethyl adjacent to an activating group) is 4. The van der Waals surface area contributed by atoms with Crippen LogP contribution in [0.15, 0.2) is 24.3 Å². The minimum absolute atomic E-state index is 0.00751. The van der Waals surface area contributed by atoms with Crippen LogP contribution in [0.3, 0.4) is 0 Å². The van der Waals surface area contributed by atoms with Crippen LogP contribution in [0, 0.1) is 23.7 Å². The van der Waals surface area contributed by atoms with Crippen LogP contribution in [0.25, 0.3) is 0 Å². The highest BCUT2D eigenvalue weighted by Gasteiger charge is 2.41. The second-order valence-corrected chi connectivity index (χ2v) is 17.0. The highest BCUT2D eigenvalue weighted by atomic mass is 16.6. The van der Waals surface area contributed by atoms with Crippen molar-refractivity contribution < 1.29 is 52.9 Å². The summed E-state index contributed by atoms with van der Waals surface area (Å²) in [4.78, 5) is 112. The monoisotopic (exact) mass is 880 g/mol. The van der Waals surface area contributed by atoms with Crippen LogP contribution in [-0.2, 0) is 43.0 Å². The average Bonchev–Trinajstić information content (AvgIpc) is 3.19. The lowest BCUT2D eigenvalue weighted by atomic mass is 9.92. The van der Waals surface area contributed by atoms with Crippen molar-refractivity contribution in [3.05, 3.63) is 24.3 Å². The Morgan fingerprint density at radius 1 is 0.774 bits per heavy atom. The number of esters is 1. The first-order chi connectivity index (χ1) is 28.8. The molecule has 5 N–H and O–H groups in total. The van der Waals surface area contributed by atoms with E-state index in [-0.39, 0.29) is 56.0 Å². The number of carbonyl (C=O) groups is 8. The normalized spacial score (nSPS) is 14.9. The molecule has 0 spiro atoms. The molecule has 0 radical (unpaired) electrons. The summed E-state index contributed by atoms with van der Waals surface area (Å²) >= 11 is 0. The zero-order chi connectivity index (χ0) is 48.2. The maximum Gasteiger partial charge on any atom is 0.332 e. The first kappa shape index (κ1) is 57.2. The van der Waals surface area contributed by atoms with Gasteiger partial charge in [0.05, 0.1) is 19.3 Å². The first-order valence-electron chi connectivity index (χ1n) is 21.5. The summed E-state index contributed by atoms with van der Waals surface area (Å²) in [6.07, 6.45) is 3.02. The van der Waals surface area contributed by atoms with Gasteiger partial charge in [-0.2, -0.15) is 0 Å². The summed E-state index contributed by atoms with van der Waals surface area (Å²) in [7, 11) is 5.36. The van der Waals surface area contributed by atoms with E-state index < -0.39 is 97.0 Å². The summed E-state index contributed by atoms with van der Waals surface area (Å²) in [5.41, 5.74) is 6.28. The average molecular weight is 880 g/mol. The van der Waals surface area contributed by atoms with Gasteiger partial charge in [0.15, 0.2) is 0 Å². The first-order valence-corrected chi connectivity index (χ1v) is 21.5. The number of allylic oxidation sites excluding steroid dienone is 2. The van der Waals surface area contributed by atoms with Gasteiger partial charge in [0.25, 0.3) is 5.91 Å². The summed E-state index contributed by atoms with van der Waals surface area (Å²) in [6.45, 7) is 20.8. The molecular formula is C44H77N7O11. The van der Waals surface area contributed by atoms with Gasteiger partial charge in [0.1, 0.15) is 36.8 Å².